The van der Waals surface area contributed by atoms with E-state index in [1.54, 1.807) is 19.4 Å². The number of esters is 1. The molecule has 2 heterocycles. The van der Waals surface area contributed by atoms with Crippen LogP contribution in [0.4, 0.5) is 0 Å². The van der Waals surface area contributed by atoms with Crippen LogP contribution in [0.3, 0.4) is 0 Å². The molecule has 1 aliphatic heterocycles. The van der Waals surface area contributed by atoms with Crippen molar-refractivity contribution in [1.82, 2.24) is 31.6 Å². The molecule has 5 aliphatic carbocycles. The molecule has 1 spiro atoms. The standard InChI is InChI=1S/C41H58N6O9S/c1-42-20-28-25(17-24-11-15-44-16-12-24)19-26-18-23-5-7-27(8-6-23)41(13-3-4-14-41)35(34-32(26)33(28)40(55)56-34)57-21-30(36(49)47-37(50)39(53)54)46-31(48)10-9-29(38(51)52)45-22-43-2/h11-12,15-16,23,26-27,29-30,33,35,37,42-43,45,50H,3-10,13-14,17-22H2,1-2H3,(H,46,48)(H,47,49)(H,51,52)(H,53,54)/t23?,26?,27?,29-,30-,33+,35-,37-/m0/s1. The highest BCUT2D eigenvalue weighted by atomic mass is 32.2. The number of likely N-dealkylation sites (N-methyl/N-ethyl adjacent to an activating group) is 1. The zero-order valence-electron chi connectivity index (χ0n) is 32.9. The van der Waals surface area contributed by atoms with Crippen molar-refractivity contribution in [3.63, 3.8) is 0 Å². The number of carboxylic acid groups (broad SMARTS) is 2. The van der Waals surface area contributed by atoms with Crippen LogP contribution in [0.25, 0.3) is 0 Å². The second-order valence-corrected chi connectivity index (χ2v) is 17.5. The number of allylic oxidation sites excluding steroid dienone is 1. The Morgan fingerprint density at radius 3 is 2.35 bits per heavy atom. The van der Waals surface area contributed by atoms with Gasteiger partial charge in [0.25, 0.3) is 0 Å². The first-order valence-electron chi connectivity index (χ1n) is 20.4. The fraction of sp³-hybridized carbons (Fsp3) is 0.659. The fourth-order valence-corrected chi connectivity index (χ4v) is 12.0. The van der Waals surface area contributed by atoms with Gasteiger partial charge in [0, 0.05) is 37.8 Å². The number of aliphatic hydroxyl groups is 1. The number of aromatic nitrogens is 1. The summed E-state index contributed by atoms with van der Waals surface area (Å²) in [5.74, 6) is -3.34. The van der Waals surface area contributed by atoms with Crippen molar-refractivity contribution in [3.8, 4) is 0 Å². The molecule has 6 atom stereocenters. The number of aliphatic carboxylic acids is 2. The van der Waals surface area contributed by atoms with E-state index in [-0.39, 0.29) is 47.8 Å². The van der Waals surface area contributed by atoms with E-state index in [1.165, 1.54) is 17.3 Å². The highest BCUT2D eigenvalue weighted by Gasteiger charge is 2.56. The van der Waals surface area contributed by atoms with Crippen LogP contribution >= 0.6 is 11.8 Å². The van der Waals surface area contributed by atoms with Crippen LogP contribution in [0.1, 0.15) is 82.6 Å². The fourth-order valence-electron chi connectivity index (χ4n) is 10.3. The third-order valence-corrected chi connectivity index (χ3v) is 14.5. The number of hydrogen-bond acceptors (Lipinski definition) is 12. The summed E-state index contributed by atoms with van der Waals surface area (Å²) in [6, 6.07) is 1.74. The third kappa shape index (κ3) is 9.73. The average Bonchev–Trinajstić information content (AvgIpc) is 3.82. The maximum Gasteiger partial charge on any atom is 0.353 e. The predicted octanol–water partition coefficient (Wildman–Crippen LogP) is 2.46. The van der Waals surface area contributed by atoms with E-state index in [9.17, 15) is 39.3 Å². The highest BCUT2D eigenvalue weighted by Crippen LogP contribution is 2.62. The van der Waals surface area contributed by atoms with Crippen LogP contribution in [-0.4, -0.2) is 107 Å². The Bertz CT molecular complexity index is 1710. The predicted molar refractivity (Wildman–Crippen MR) is 212 cm³/mol. The molecule has 6 aliphatic rings. The molecule has 2 fully saturated rings. The first-order chi connectivity index (χ1) is 27.4. The molecule has 2 amide bonds. The van der Waals surface area contributed by atoms with E-state index < -0.39 is 48.0 Å². The molecule has 7 rings (SSSR count). The maximum atomic E-state index is 14.4. The minimum absolute atomic E-state index is 0.00219. The Hall–Kier alpha value is -3.83. The molecule has 2 saturated carbocycles. The van der Waals surface area contributed by atoms with Gasteiger partial charge in [-0.3, -0.25) is 29.5 Å². The Balaban J connectivity index is 1.37. The van der Waals surface area contributed by atoms with Gasteiger partial charge in [-0.15, -0.1) is 11.8 Å². The summed E-state index contributed by atoms with van der Waals surface area (Å²) >= 11 is 1.46. The summed E-state index contributed by atoms with van der Waals surface area (Å²) in [5.41, 5.74) is 4.26. The molecule has 8 N–H and O–H groups in total. The minimum Gasteiger partial charge on any atom is -0.480 e. The van der Waals surface area contributed by atoms with Gasteiger partial charge in [0.2, 0.25) is 18.0 Å². The first kappa shape index (κ1) is 42.8. The van der Waals surface area contributed by atoms with Gasteiger partial charge in [-0.25, -0.2) is 4.79 Å². The van der Waals surface area contributed by atoms with Gasteiger partial charge >= 0.3 is 17.9 Å². The number of ether oxygens (including phenoxy) is 1. The second kappa shape index (κ2) is 19.3. The molecule has 2 bridgehead atoms. The summed E-state index contributed by atoms with van der Waals surface area (Å²) < 4.78 is 6.56. The van der Waals surface area contributed by atoms with Gasteiger partial charge in [-0.05, 0) is 117 Å². The zero-order valence-corrected chi connectivity index (χ0v) is 33.7. The minimum atomic E-state index is -2.20. The average molecular weight is 811 g/mol. The lowest BCUT2D eigenvalue weighted by Gasteiger charge is -2.49. The van der Waals surface area contributed by atoms with E-state index in [4.69, 9.17) is 4.74 Å². The third-order valence-electron chi connectivity index (χ3n) is 13.0. The number of carboxylic acids is 2. The van der Waals surface area contributed by atoms with Crippen LogP contribution in [0.5, 0.6) is 0 Å². The Morgan fingerprint density at radius 1 is 0.982 bits per heavy atom. The lowest BCUT2D eigenvalue weighted by atomic mass is 9.59. The number of amides is 2. The number of carbonyl (C=O) groups excluding carboxylic acids is 3. The number of nitrogens with one attached hydrogen (secondary N) is 5. The molecule has 0 saturated heterocycles. The van der Waals surface area contributed by atoms with Crippen molar-refractivity contribution in [1.29, 1.82) is 0 Å². The Labute approximate surface area is 338 Å². The van der Waals surface area contributed by atoms with Crippen LogP contribution < -0.4 is 26.6 Å². The number of pyridine rings is 1. The van der Waals surface area contributed by atoms with E-state index >= 15 is 0 Å². The van der Waals surface area contributed by atoms with Crippen molar-refractivity contribution in [2.75, 3.05) is 33.1 Å². The summed E-state index contributed by atoms with van der Waals surface area (Å²) in [6.07, 6.45) is 11.9. The Morgan fingerprint density at radius 2 is 1.70 bits per heavy atom. The lowest BCUT2D eigenvalue weighted by molar-refractivity contribution is -0.151. The van der Waals surface area contributed by atoms with Crippen LogP contribution in [0.15, 0.2) is 47.0 Å². The number of nitrogens with zero attached hydrogens (tertiary/aromatic N) is 1. The SMILES string of the molecule is CNCN[C@@H](CCC(=O)N[C@@H](CS[C@H]1C2=C3C(CC(Cc4ccncc4)=C(CNC)[C@H]3C(=O)O2)CC2CCC(CC2)C12CCCC2)C(=O)N[C@@H](O)C(=O)O)C(=O)O. The molecule has 1 aromatic heterocycles. The maximum absolute atomic E-state index is 14.4. The monoisotopic (exact) mass is 810 g/mol. The molecule has 0 aromatic carbocycles. The zero-order chi connectivity index (χ0) is 40.7. The topological polar surface area (TPSA) is 228 Å². The van der Waals surface area contributed by atoms with Gasteiger partial charge in [0.05, 0.1) is 5.25 Å². The summed E-state index contributed by atoms with van der Waals surface area (Å²) in [5, 5.41) is 42.6. The quantitative estimate of drug-likeness (QED) is 0.0606. The summed E-state index contributed by atoms with van der Waals surface area (Å²) in [4.78, 5) is 69.0. The normalized spacial score (nSPS) is 26.7. The molecule has 1 aromatic rings. The number of aliphatic hydroxyl groups excluding tert-OH is 1. The smallest absolute Gasteiger partial charge is 0.353 e. The van der Waals surface area contributed by atoms with Gasteiger partial charge in [-0.2, -0.15) is 0 Å². The van der Waals surface area contributed by atoms with Crippen molar-refractivity contribution in [2.24, 2.45) is 29.1 Å². The van der Waals surface area contributed by atoms with Crippen LogP contribution in [0.2, 0.25) is 0 Å². The number of rotatable bonds is 18. The second-order valence-electron chi connectivity index (χ2n) is 16.4. The number of thioether (sulfide) groups is 1. The van der Waals surface area contributed by atoms with Gasteiger partial charge in [-0.1, -0.05) is 31.3 Å². The van der Waals surface area contributed by atoms with E-state index in [2.05, 4.69) is 31.6 Å². The van der Waals surface area contributed by atoms with Crippen LogP contribution in [-0.2, 0) is 35.1 Å². The number of hydrogen-bond donors (Lipinski definition) is 8. The largest absolute Gasteiger partial charge is 0.480 e. The van der Waals surface area contributed by atoms with Crippen LogP contribution in [0, 0.1) is 29.1 Å². The molecular weight excluding hydrogens is 753 g/mol. The van der Waals surface area contributed by atoms with E-state index in [0.29, 0.717) is 30.6 Å². The number of fused-ring (bicyclic) bond motifs is 2. The molecule has 312 valence electrons. The van der Waals surface area contributed by atoms with Gasteiger partial charge in [0.15, 0.2) is 0 Å². The lowest BCUT2D eigenvalue weighted by Crippen LogP contribution is -2.53. The Kier molecular flexibility index (Phi) is 14.5. The summed E-state index contributed by atoms with van der Waals surface area (Å²) in [7, 11) is 3.54. The van der Waals surface area contributed by atoms with Crippen molar-refractivity contribution in [3.05, 3.63) is 52.6 Å². The molecule has 57 heavy (non-hydrogen) atoms. The number of carbonyl (C=O) groups is 5. The molecule has 1 unspecified atom stereocenters. The molecule has 15 nitrogen and oxygen atoms in total. The van der Waals surface area contributed by atoms with E-state index in [1.807, 2.05) is 19.2 Å². The van der Waals surface area contributed by atoms with Crippen molar-refractivity contribution >= 4 is 41.5 Å². The van der Waals surface area contributed by atoms with Crippen molar-refractivity contribution in [2.45, 2.75) is 107 Å². The molecular formula is C41H58N6O9S. The highest BCUT2D eigenvalue weighted by molar-refractivity contribution is 8.00. The molecule has 16 heteroatoms. The van der Waals surface area contributed by atoms with Crippen molar-refractivity contribution < 1.29 is 44.0 Å². The molecule has 0 radical (unpaired) electrons. The summed E-state index contributed by atoms with van der Waals surface area (Å²) in [6.45, 7) is 0.743. The van der Waals surface area contributed by atoms with Gasteiger partial charge < -0.3 is 41.3 Å². The first-order valence-corrected chi connectivity index (χ1v) is 21.4. The van der Waals surface area contributed by atoms with E-state index in [0.717, 1.165) is 80.9 Å². The van der Waals surface area contributed by atoms with Gasteiger partial charge in [0.1, 0.15) is 23.8 Å².